The lowest BCUT2D eigenvalue weighted by Crippen LogP contribution is -2.60. The van der Waals surface area contributed by atoms with Crippen molar-refractivity contribution in [1.29, 1.82) is 0 Å². The van der Waals surface area contributed by atoms with E-state index >= 15 is 0 Å². The molecule has 0 aromatic rings. The van der Waals surface area contributed by atoms with Crippen LogP contribution in [0.15, 0.2) is 0 Å². The molecule has 16 N–H and O–H groups in total. The summed E-state index contributed by atoms with van der Waals surface area (Å²) < 4.78 is 0. The third-order valence-electron chi connectivity index (χ3n) is 5.48. The van der Waals surface area contributed by atoms with Crippen LogP contribution >= 0.6 is 25.3 Å². The van der Waals surface area contributed by atoms with Crippen molar-refractivity contribution in [3.05, 3.63) is 0 Å². The van der Waals surface area contributed by atoms with Gasteiger partial charge in [-0.25, -0.2) is 4.79 Å². The molecule has 0 radical (unpaired) electrons. The van der Waals surface area contributed by atoms with E-state index in [9.17, 15) is 47.9 Å². The first-order valence-corrected chi connectivity index (χ1v) is 13.9. The first-order valence-electron chi connectivity index (χ1n) is 12.7. The number of nitrogens with two attached hydrogens (primary N) is 5. The zero-order valence-electron chi connectivity index (χ0n) is 23.5. The van der Waals surface area contributed by atoms with Gasteiger partial charge in [0.1, 0.15) is 30.2 Å². The molecule has 0 bridgehead atoms. The topological polar surface area (TPSA) is 381 Å². The van der Waals surface area contributed by atoms with Gasteiger partial charge in [-0.15, -0.1) is 0 Å². The average Bonchev–Trinajstić information content (AvgIpc) is 2.92. The normalized spacial score (nSPS) is 14.6. The highest BCUT2D eigenvalue weighted by Crippen LogP contribution is 2.03. The van der Waals surface area contributed by atoms with Crippen LogP contribution in [0.1, 0.15) is 25.7 Å². The fourth-order valence-electron chi connectivity index (χ4n) is 3.28. The Hall–Kier alpha value is -4.64. The fraction of sp³-hybridized carbons (Fsp3) is 0.545. The summed E-state index contributed by atoms with van der Waals surface area (Å²) in [6.45, 7) is 0. The minimum Gasteiger partial charge on any atom is -0.480 e. The highest BCUT2D eigenvalue weighted by Gasteiger charge is 2.34. The summed E-state index contributed by atoms with van der Waals surface area (Å²) in [5.74, 6) is -12.4. The van der Waals surface area contributed by atoms with E-state index in [1.807, 2.05) is 16.0 Å². The van der Waals surface area contributed by atoms with Gasteiger partial charge in [0.25, 0.3) is 0 Å². The molecule has 0 spiro atoms. The predicted octanol–water partition coefficient (Wildman–Crippen LogP) is -7.82. The Morgan fingerprint density at radius 3 is 0.911 bits per heavy atom. The van der Waals surface area contributed by atoms with Crippen molar-refractivity contribution in [2.45, 2.75) is 61.9 Å². The maximum atomic E-state index is 13.1. The molecule has 0 aliphatic rings. The van der Waals surface area contributed by atoms with Gasteiger partial charge in [0.05, 0.1) is 31.7 Å². The number of hydrogen-bond donors (Lipinski definition) is 13. The number of thiol groups is 2. The molecule has 6 atom stereocenters. The van der Waals surface area contributed by atoms with Gasteiger partial charge in [-0.1, -0.05) is 0 Å². The van der Waals surface area contributed by atoms with Gasteiger partial charge >= 0.3 is 5.97 Å². The van der Waals surface area contributed by atoms with E-state index in [0.29, 0.717) is 0 Å². The lowest BCUT2D eigenvalue weighted by Gasteiger charge is -2.26. The minimum absolute atomic E-state index is 0.149. The summed E-state index contributed by atoms with van der Waals surface area (Å²) >= 11 is 7.63. The van der Waals surface area contributed by atoms with Gasteiger partial charge < -0.3 is 60.4 Å². The minimum atomic E-state index is -1.90. The smallest absolute Gasteiger partial charge is 0.327 e. The number of carboxylic acid groups (broad SMARTS) is 1. The second-order valence-corrected chi connectivity index (χ2v) is 10.0. The van der Waals surface area contributed by atoms with Crippen LogP contribution in [0.25, 0.3) is 0 Å². The molecule has 9 amide bonds. The van der Waals surface area contributed by atoms with Gasteiger partial charge in [0, 0.05) is 11.5 Å². The van der Waals surface area contributed by atoms with Crippen molar-refractivity contribution in [3.8, 4) is 0 Å². The van der Waals surface area contributed by atoms with E-state index in [4.69, 9.17) is 33.8 Å². The number of primary amides is 4. The number of hydrogen-bond acceptors (Lipinski definition) is 13. The zero-order chi connectivity index (χ0) is 35.0. The van der Waals surface area contributed by atoms with Gasteiger partial charge in [-0.2, -0.15) is 25.3 Å². The SMILES string of the molecule is NC(=O)C[C@H](NC(=O)[C@H](CC(N)=O)NC(=O)[C@H](CC(N)=O)NC(=O)[C@H](CC(N)=O)NC(=O)[C@@H](N)CS)C(=O)N[C@@H](CS)C(=O)O. The Morgan fingerprint density at radius 1 is 0.467 bits per heavy atom. The lowest BCUT2D eigenvalue weighted by molar-refractivity contribution is -0.142. The quantitative estimate of drug-likeness (QED) is 0.0503. The van der Waals surface area contributed by atoms with Crippen LogP contribution in [0, 0.1) is 0 Å². The van der Waals surface area contributed by atoms with Gasteiger partial charge in [-0.3, -0.25) is 43.2 Å². The lowest BCUT2D eigenvalue weighted by atomic mass is 10.1. The summed E-state index contributed by atoms with van der Waals surface area (Å²) in [5, 5.41) is 19.4. The first-order chi connectivity index (χ1) is 20.8. The number of amides is 9. The molecule has 0 aromatic heterocycles. The molecular formula is C22H36N10O11S2. The van der Waals surface area contributed by atoms with Crippen LogP contribution < -0.4 is 55.3 Å². The molecule has 252 valence electrons. The highest BCUT2D eigenvalue weighted by atomic mass is 32.1. The van der Waals surface area contributed by atoms with Gasteiger partial charge in [-0.05, 0) is 0 Å². The molecule has 0 saturated heterocycles. The summed E-state index contributed by atoms with van der Waals surface area (Å²) in [4.78, 5) is 121. The zero-order valence-corrected chi connectivity index (χ0v) is 25.3. The molecule has 0 rings (SSSR count). The van der Waals surface area contributed by atoms with E-state index in [0.717, 1.165) is 0 Å². The molecule has 0 aliphatic heterocycles. The Labute approximate surface area is 266 Å². The van der Waals surface area contributed by atoms with Gasteiger partial charge in [0.15, 0.2) is 0 Å². The van der Waals surface area contributed by atoms with E-state index in [-0.39, 0.29) is 11.5 Å². The van der Waals surface area contributed by atoms with Gasteiger partial charge in [0.2, 0.25) is 53.2 Å². The van der Waals surface area contributed by atoms with Crippen molar-refractivity contribution in [1.82, 2.24) is 26.6 Å². The number of carbonyl (C=O) groups excluding carboxylic acids is 9. The Bertz CT molecular complexity index is 1190. The molecule has 0 heterocycles. The van der Waals surface area contributed by atoms with Crippen LogP contribution in [-0.2, 0) is 47.9 Å². The third kappa shape index (κ3) is 15.6. The summed E-state index contributed by atoms with van der Waals surface area (Å²) in [6, 6.07) is -10.0. The van der Waals surface area contributed by atoms with Crippen LogP contribution in [0.2, 0.25) is 0 Å². The van der Waals surface area contributed by atoms with Crippen LogP contribution in [0.4, 0.5) is 0 Å². The summed E-state index contributed by atoms with van der Waals surface area (Å²) in [6.07, 6.45) is -3.44. The maximum Gasteiger partial charge on any atom is 0.327 e. The second kappa shape index (κ2) is 19.6. The molecule has 0 aromatic carbocycles. The third-order valence-corrected chi connectivity index (χ3v) is 6.24. The van der Waals surface area contributed by atoms with Crippen molar-refractivity contribution in [2.24, 2.45) is 28.7 Å². The number of carbonyl (C=O) groups is 10. The summed E-state index contributed by atoms with van der Waals surface area (Å²) in [7, 11) is 0. The van der Waals surface area contributed by atoms with Crippen LogP contribution in [-0.4, -0.2) is 112 Å². The van der Waals surface area contributed by atoms with Crippen molar-refractivity contribution in [3.63, 3.8) is 0 Å². The predicted molar refractivity (Wildman–Crippen MR) is 158 cm³/mol. The first kappa shape index (κ1) is 40.4. The second-order valence-electron chi connectivity index (χ2n) is 9.30. The van der Waals surface area contributed by atoms with E-state index in [1.54, 1.807) is 0 Å². The molecule has 0 saturated carbocycles. The molecule has 23 heteroatoms. The Balaban J connectivity index is 6.11. The molecule has 45 heavy (non-hydrogen) atoms. The standard InChI is InChI=1S/C22H36N10O11S2/c23-7(5-44)17(37)28-8(1-13(24)33)18(38)29-9(2-14(25)34)19(39)30-10(3-15(26)35)20(40)31-11(4-16(27)36)21(41)32-12(6-45)22(42)43/h7-12,44-45H,1-6,23H2,(H2,24,33)(H2,25,34)(H2,26,35)(H2,27,36)(H,28,37)(H,29,38)(H,30,39)(H,31,40)(H,32,41)(H,42,43)/t7-,8-,9-,10-,11-,12-/m0/s1. The van der Waals surface area contributed by atoms with Crippen molar-refractivity contribution in [2.75, 3.05) is 11.5 Å². The van der Waals surface area contributed by atoms with Crippen LogP contribution in [0.3, 0.4) is 0 Å². The molecular weight excluding hydrogens is 644 g/mol. The Morgan fingerprint density at radius 2 is 0.711 bits per heavy atom. The molecule has 0 unspecified atom stereocenters. The number of carboxylic acids is 1. The monoisotopic (exact) mass is 680 g/mol. The van der Waals surface area contributed by atoms with Crippen molar-refractivity contribution < 1.29 is 53.1 Å². The van der Waals surface area contributed by atoms with Crippen LogP contribution in [0.5, 0.6) is 0 Å². The molecule has 0 fully saturated rings. The number of aliphatic carboxylic acids is 1. The summed E-state index contributed by atoms with van der Waals surface area (Å²) in [5.41, 5.74) is 26.1. The number of nitrogens with one attached hydrogen (secondary N) is 5. The average molecular weight is 681 g/mol. The van der Waals surface area contributed by atoms with E-state index in [1.165, 1.54) is 0 Å². The van der Waals surface area contributed by atoms with E-state index in [2.05, 4.69) is 35.9 Å². The van der Waals surface area contributed by atoms with E-state index < -0.39 is 121 Å². The highest BCUT2D eigenvalue weighted by molar-refractivity contribution is 7.80. The van der Waals surface area contributed by atoms with Crippen molar-refractivity contribution >= 4 is 84.4 Å². The maximum absolute atomic E-state index is 13.1. The number of rotatable bonds is 21. The Kier molecular flexibility index (Phi) is 17.6. The molecule has 0 aliphatic carbocycles. The fourth-order valence-corrected chi connectivity index (χ4v) is 3.69. The molecule has 21 nitrogen and oxygen atoms in total. The largest absolute Gasteiger partial charge is 0.480 e.